The van der Waals surface area contributed by atoms with Crippen LogP contribution in [-0.2, 0) is 0 Å². The monoisotopic (exact) mass is 735 g/mol. The Labute approximate surface area is 327 Å². The maximum Gasteiger partial charge on any atom is 0.0640 e. The summed E-state index contributed by atoms with van der Waals surface area (Å²) >= 11 is 3.75. The van der Waals surface area contributed by atoms with E-state index in [2.05, 4.69) is 205 Å². The maximum atomic E-state index is 2.43. The third-order valence-corrected chi connectivity index (χ3v) is 13.3. The largest absolute Gasteiger partial charge is 0.309 e. The van der Waals surface area contributed by atoms with E-state index in [0.717, 1.165) is 11.4 Å². The zero-order valence-corrected chi connectivity index (χ0v) is 31.4. The van der Waals surface area contributed by atoms with Gasteiger partial charge < -0.3 is 4.90 Å². The molecule has 0 atom stereocenters. The molecular formula is C52H33NS2. The van der Waals surface area contributed by atoms with Gasteiger partial charge in [-0.05, 0) is 98.8 Å². The van der Waals surface area contributed by atoms with Gasteiger partial charge in [-0.25, -0.2) is 0 Å². The Hall–Kier alpha value is -6.52. The second-order valence-corrected chi connectivity index (χ2v) is 16.2. The standard InChI is InChI=1S/C52H33NS2/c1-2-11-37(12-3-1)43-15-8-16-45-46-17-9-18-48(52(46)55-51(43)45)53(41-27-22-35(23-28-41)39-21-20-34-10-4-5-13-38(34)32-39)42-29-24-36(25-30-42)40-26-31-50-47(33-40)44-14-6-7-19-49(44)54-50/h1-33H. The highest BCUT2D eigenvalue weighted by Crippen LogP contribution is 2.47. The van der Waals surface area contributed by atoms with E-state index in [9.17, 15) is 0 Å². The van der Waals surface area contributed by atoms with E-state index in [1.165, 1.54) is 90.2 Å². The van der Waals surface area contributed by atoms with E-state index >= 15 is 0 Å². The summed E-state index contributed by atoms with van der Waals surface area (Å²) in [6, 6.07) is 73.4. The van der Waals surface area contributed by atoms with E-state index in [1.54, 1.807) is 0 Å². The molecule has 0 aliphatic carbocycles. The van der Waals surface area contributed by atoms with Crippen LogP contribution in [0, 0.1) is 0 Å². The smallest absolute Gasteiger partial charge is 0.0640 e. The Balaban J connectivity index is 1.05. The fourth-order valence-corrected chi connectivity index (χ4v) is 10.6. The number of thiophene rings is 2. The summed E-state index contributed by atoms with van der Waals surface area (Å²) in [5, 5.41) is 7.73. The molecule has 0 saturated carbocycles. The number of benzene rings is 9. The van der Waals surface area contributed by atoms with Gasteiger partial charge >= 0.3 is 0 Å². The van der Waals surface area contributed by atoms with Gasteiger partial charge in [-0.15, -0.1) is 22.7 Å². The first kappa shape index (κ1) is 32.0. The third-order valence-electron chi connectivity index (χ3n) is 10.9. The molecule has 0 saturated heterocycles. The van der Waals surface area contributed by atoms with Gasteiger partial charge in [-0.3, -0.25) is 0 Å². The first-order valence-electron chi connectivity index (χ1n) is 18.7. The summed E-state index contributed by atoms with van der Waals surface area (Å²) in [7, 11) is 0. The molecule has 9 aromatic carbocycles. The Morgan fingerprint density at radius 3 is 1.67 bits per heavy atom. The molecule has 2 heterocycles. The summed E-state index contributed by atoms with van der Waals surface area (Å²) in [6.45, 7) is 0. The second kappa shape index (κ2) is 13.1. The SMILES string of the molecule is c1ccc(-c2cccc3c2sc2c(N(c4ccc(-c5ccc6ccccc6c5)cc4)c4ccc(-c5ccc6sc7ccccc7c6c5)cc4)cccc23)cc1. The highest BCUT2D eigenvalue weighted by atomic mass is 32.1. The molecule has 0 aliphatic rings. The van der Waals surface area contributed by atoms with Gasteiger partial charge in [0.25, 0.3) is 0 Å². The van der Waals surface area contributed by atoms with Crippen LogP contribution in [0.4, 0.5) is 17.1 Å². The number of hydrogen-bond donors (Lipinski definition) is 0. The molecule has 0 N–H and O–H groups in total. The number of anilines is 3. The Bertz CT molecular complexity index is 3190. The quantitative estimate of drug-likeness (QED) is 0.164. The van der Waals surface area contributed by atoms with Crippen LogP contribution in [-0.4, -0.2) is 0 Å². The van der Waals surface area contributed by atoms with Crippen molar-refractivity contribution in [1.82, 2.24) is 0 Å². The lowest BCUT2D eigenvalue weighted by Crippen LogP contribution is -2.10. The van der Waals surface area contributed by atoms with Crippen molar-refractivity contribution in [3.8, 4) is 33.4 Å². The summed E-state index contributed by atoms with van der Waals surface area (Å²) in [6.07, 6.45) is 0. The van der Waals surface area contributed by atoms with Crippen LogP contribution >= 0.6 is 22.7 Å². The van der Waals surface area contributed by atoms with E-state index in [0.29, 0.717) is 0 Å². The lowest BCUT2D eigenvalue weighted by atomic mass is 10.0. The Kier molecular flexibility index (Phi) is 7.61. The highest BCUT2D eigenvalue weighted by Gasteiger charge is 2.20. The molecule has 0 aliphatic heterocycles. The van der Waals surface area contributed by atoms with Crippen LogP contribution < -0.4 is 4.90 Å². The fourth-order valence-electron chi connectivity index (χ4n) is 8.13. The number of rotatable bonds is 6. The number of nitrogens with zero attached hydrogens (tertiary/aromatic N) is 1. The van der Waals surface area contributed by atoms with Crippen molar-refractivity contribution < 1.29 is 0 Å². The Morgan fingerprint density at radius 2 is 0.891 bits per heavy atom. The molecule has 0 fully saturated rings. The number of fused-ring (bicyclic) bond motifs is 7. The molecular weight excluding hydrogens is 703 g/mol. The van der Waals surface area contributed by atoms with Gasteiger partial charge in [-0.2, -0.15) is 0 Å². The molecule has 11 rings (SSSR count). The van der Waals surface area contributed by atoms with Gasteiger partial charge in [-0.1, -0.05) is 146 Å². The average Bonchev–Trinajstić information content (AvgIpc) is 3.83. The second-order valence-electron chi connectivity index (χ2n) is 14.1. The minimum atomic E-state index is 1.12. The fraction of sp³-hybridized carbons (Fsp3) is 0. The van der Waals surface area contributed by atoms with Gasteiger partial charge in [0.2, 0.25) is 0 Å². The average molecular weight is 736 g/mol. The van der Waals surface area contributed by atoms with Crippen LogP contribution in [0.25, 0.3) is 84.5 Å². The minimum Gasteiger partial charge on any atom is -0.309 e. The van der Waals surface area contributed by atoms with Crippen molar-refractivity contribution in [3.63, 3.8) is 0 Å². The van der Waals surface area contributed by atoms with E-state index < -0.39 is 0 Å². The third kappa shape index (κ3) is 5.51. The van der Waals surface area contributed by atoms with Crippen LogP contribution in [0.15, 0.2) is 200 Å². The lowest BCUT2D eigenvalue weighted by Gasteiger charge is -2.26. The Morgan fingerprint density at radius 1 is 0.309 bits per heavy atom. The highest BCUT2D eigenvalue weighted by molar-refractivity contribution is 7.27. The van der Waals surface area contributed by atoms with Crippen molar-refractivity contribution in [1.29, 1.82) is 0 Å². The minimum absolute atomic E-state index is 1.12. The summed E-state index contributed by atoms with van der Waals surface area (Å²) in [5.41, 5.74) is 10.8. The van der Waals surface area contributed by atoms with Crippen LogP contribution in [0.1, 0.15) is 0 Å². The predicted octanol–water partition coefficient (Wildman–Crippen LogP) is 16.0. The zero-order chi connectivity index (χ0) is 36.3. The normalized spacial score (nSPS) is 11.6. The summed E-state index contributed by atoms with van der Waals surface area (Å²) in [5.74, 6) is 0. The van der Waals surface area contributed by atoms with Crippen LogP contribution in [0.3, 0.4) is 0 Å². The molecule has 0 spiro atoms. The van der Waals surface area contributed by atoms with Crippen molar-refractivity contribution in [3.05, 3.63) is 200 Å². The maximum absolute atomic E-state index is 2.43. The molecule has 2 aromatic heterocycles. The van der Waals surface area contributed by atoms with Crippen LogP contribution in [0.5, 0.6) is 0 Å². The molecule has 0 unspecified atom stereocenters. The van der Waals surface area contributed by atoms with Crippen molar-refractivity contribution in [2.75, 3.05) is 4.90 Å². The van der Waals surface area contributed by atoms with Crippen molar-refractivity contribution >= 4 is 90.9 Å². The molecule has 0 radical (unpaired) electrons. The van der Waals surface area contributed by atoms with Crippen LogP contribution in [0.2, 0.25) is 0 Å². The topological polar surface area (TPSA) is 3.24 Å². The first-order chi connectivity index (χ1) is 27.2. The van der Waals surface area contributed by atoms with Gasteiger partial charge in [0.05, 0.1) is 10.4 Å². The predicted molar refractivity (Wildman–Crippen MR) is 241 cm³/mol. The zero-order valence-electron chi connectivity index (χ0n) is 29.8. The molecule has 258 valence electrons. The van der Waals surface area contributed by atoms with Gasteiger partial charge in [0, 0.05) is 47.0 Å². The molecule has 55 heavy (non-hydrogen) atoms. The summed E-state index contributed by atoms with van der Waals surface area (Å²) < 4.78 is 5.25. The van der Waals surface area contributed by atoms with Gasteiger partial charge in [0.15, 0.2) is 0 Å². The molecule has 1 nitrogen and oxygen atoms in total. The van der Waals surface area contributed by atoms with Crippen molar-refractivity contribution in [2.24, 2.45) is 0 Å². The van der Waals surface area contributed by atoms with Crippen molar-refractivity contribution in [2.45, 2.75) is 0 Å². The molecule has 3 heteroatoms. The number of hydrogen-bond acceptors (Lipinski definition) is 3. The van der Waals surface area contributed by atoms with E-state index in [-0.39, 0.29) is 0 Å². The van der Waals surface area contributed by atoms with Gasteiger partial charge in [0.1, 0.15) is 0 Å². The molecule has 0 amide bonds. The molecule has 0 bridgehead atoms. The van der Waals surface area contributed by atoms with E-state index in [4.69, 9.17) is 0 Å². The molecule has 11 aromatic rings. The summed E-state index contributed by atoms with van der Waals surface area (Å²) in [4.78, 5) is 2.43. The first-order valence-corrected chi connectivity index (χ1v) is 20.3. The van der Waals surface area contributed by atoms with E-state index in [1.807, 2.05) is 22.7 Å². The lowest BCUT2D eigenvalue weighted by molar-refractivity contribution is 1.30.